The second-order valence-electron chi connectivity index (χ2n) is 4.65. The van der Waals surface area contributed by atoms with Gasteiger partial charge in [0.15, 0.2) is 5.11 Å². The Morgan fingerprint density at radius 3 is 2.48 bits per heavy atom. The quantitative estimate of drug-likeness (QED) is 0.412. The third kappa shape index (κ3) is 5.10. The van der Waals surface area contributed by atoms with Gasteiger partial charge in [-0.3, -0.25) is 5.43 Å². The van der Waals surface area contributed by atoms with E-state index in [4.69, 9.17) is 35.4 Å². The number of phenolic OH excluding ortho intramolecular Hbond substituents is 1. The van der Waals surface area contributed by atoms with Crippen LogP contribution in [0.1, 0.15) is 18.9 Å². The zero-order valence-electron chi connectivity index (χ0n) is 12.3. The zero-order valence-corrected chi connectivity index (χ0v) is 14.6. The van der Waals surface area contributed by atoms with Crippen LogP contribution in [0.25, 0.3) is 0 Å². The van der Waals surface area contributed by atoms with Crippen LogP contribution in [0.4, 0.5) is 5.69 Å². The average molecular weight is 368 g/mol. The van der Waals surface area contributed by atoms with Crippen molar-refractivity contribution >= 4 is 51.9 Å². The molecule has 0 fully saturated rings. The predicted octanol–water partition coefficient (Wildman–Crippen LogP) is 4.80. The predicted molar refractivity (Wildman–Crippen MR) is 101 cm³/mol. The first-order chi connectivity index (χ1) is 11.0. The summed E-state index contributed by atoms with van der Waals surface area (Å²) in [5, 5.41) is 17.9. The lowest BCUT2D eigenvalue weighted by Crippen LogP contribution is -2.25. The highest BCUT2D eigenvalue weighted by atomic mass is 35.5. The lowest BCUT2D eigenvalue weighted by Gasteiger charge is -2.10. The van der Waals surface area contributed by atoms with Gasteiger partial charge in [0.1, 0.15) is 5.75 Å². The van der Waals surface area contributed by atoms with Crippen molar-refractivity contribution in [2.24, 2.45) is 5.10 Å². The molecule has 0 amide bonds. The van der Waals surface area contributed by atoms with Gasteiger partial charge in [0.25, 0.3) is 0 Å². The van der Waals surface area contributed by atoms with Crippen LogP contribution in [0.2, 0.25) is 10.0 Å². The van der Waals surface area contributed by atoms with Crippen LogP contribution in [0.3, 0.4) is 0 Å². The Morgan fingerprint density at radius 1 is 1.17 bits per heavy atom. The highest BCUT2D eigenvalue weighted by Gasteiger charge is 2.05. The number of anilines is 1. The summed E-state index contributed by atoms with van der Waals surface area (Å²) >= 11 is 17.1. The molecule has 0 aliphatic carbocycles. The molecule has 0 spiro atoms. The maximum Gasteiger partial charge on any atom is 0.191 e. The van der Waals surface area contributed by atoms with E-state index >= 15 is 0 Å². The first kappa shape index (κ1) is 17.5. The van der Waals surface area contributed by atoms with E-state index in [-0.39, 0.29) is 5.75 Å². The Labute approximate surface area is 150 Å². The molecular weight excluding hydrogens is 353 g/mol. The molecule has 0 aliphatic rings. The van der Waals surface area contributed by atoms with Gasteiger partial charge in [-0.2, -0.15) is 5.10 Å². The molecule has 0 radical (unpaired) electrons. The van der Waals surface area contributed by atoms with E-state index in [1.54, 1.807) is 42.5 Å². The molecule has 0 unspecified atom stereocenters. The zero-order chi connectivity index (χ0) is 16.8. The van der Waals surface area contributed by atoms with Gasteiger partial charge in [0.05, 0.1) is 16.4 Å². The lowest BCUT2D eigenvalue weighted by molar-refractivity contribution is 0.475. The molecule has 2 aromatic rings. The summed E-state index contributed by atoms with van der Waals surface area (Å²) in [5.74, 6) is 0.215. The molecule has 0 saturated heterocycles. The summed E-state index contributed by atoms with van der Waals surface area (Å²) in [6, 6.07) is 11.9. The summed E-state index contributed by atoms with van der Waals surface area (Å²) in [6.07, 6.45) is 0.710. The Balaban J connectivity index is 2.05. The molecule has 0 aliphatic heterocycles. The number of hydrogen-bond acceptors (Lipinski definition) is 3. The first-order valence-electron chi connectivity index (χ1n) is 6.87. The van der Waals surface area contributed by atoms with Crippen LogP contribution < -0.4 is 10.7 Å². The van der Waals surface area contributed by atoms with E-state index in [9.17, 15) is 5.11 Å². The van der Waals surface area contributed by atoms with Crippen LogP contribution in [0, 0.1) is 0 Å². The summed E-state index contributed by atoms with van der Waals surface area (Å²) in [4.78, 5) is 0. The molecular formula is C16H15Cl2N3OS. The van der Waals surface area contributed by atoms with Crippen LogP contribution in [0.5, 0.6) is 5.75 Å². The third-order valence-electron chi connectivity index (χ3n) is 3.01. The van der Waals surface area contributed by atoms with E-state index in [1.165, 1.54) is 0 Å². The Morgan fingerprint density at radius 2 is 1.87 bits per heavy atom. The maximum absolute atomic E-state index is 9.33. The van der Waals surface area contributed by atoms with E-state index < -0.39 is 0 Å². The number of halogens is 2. The number of rotatable bonds is 4. The molecule has 4 nitrogen and oxygen atoms in total. The molecule has 3 N–H and O–H groups in total. The summed E-state index contributed by atoms with van der Waals surface area (Å²) < 4.78 is 0. The van der Waals surface area contributed by atoms with Crippen molar-refractivity contribution < 1.29 is 5.11 Å². The minimum atomic E-state index is 0.215. The minimum Gasteiger partial charge on any atom is -0.508 e. The van der Waals surface area contributed by atoms with Crippen LogP contribution >= 0.6 is 35.4 Å². The second-order valence-corrected chi connectivity index (χ2v) is 5.90. The molecule has 23 heavy (non-hydrogen) atoms. The molecule has 2 rings (SSSR count). The van der Waals surface area contributed by atoms with Crippen molar-refractivity contribution in [3.05, 3.63) is 58.1 Å². The van der Waals surface area contributed by atoms with Crippen molar-refractivity contribution in [2.45, 2.75) is 13.3 Å². The van der Waals surface area contributed by atoms with Crippen molar-refractivity contribution in [3.63, 3.8) is 0 Å². The number of nitrogens with zero attached hydrogens (tertiary/aromatic N) is 1. The monoisotopic (exact) mass is 367 g/mol. The number of hydrogen-bond donors (Lipinski definition) is 3. The molecule has 0 aromatic heterocycles. The van der Waals surface area contributed by atoms with Crippen LogP contribution in [0.15, 0.2) is 47.6 Å². The van der Waals surface area contributed by atoms with Crippen LogP contribution in [-0.4, -0.2) is 15.9 Å². The van der Waals surface area contributed by atoms with Crippen LogP contribution in [-0.2, 0) is 0 Å². The number of aromatic hydroxyl groups is 1. The second kappa shape index (κ2) is 8.15. The Hall–Kier alpha value is -1.82. The van der Waals surface area contributed by atoms with Gasteiger partial charge in [0, 0.05) is 5.02 Å². The molecule has 0 atom stereocenters. The molecule has 2 aromatic carbocycles. The third-order valence-corrected chi connectivity index (χ3v) is 3.75. The van der Waals surface area contributed by atoms with Gasteiger partial charge in [-0.15, -0.1) is 0 Å². The fourth-order valence-corrected chi connectivity index (χ4v) is 2.47. The number of benzene rings is 2. The highest BCUT2D eigenvalue weighted by Crippen LogP contribution is 2.25. The molecule has 0 bridgehead atoms. The smallest absolute Gasteiger partial charge is 0.191 e. The molecule has 7 heteroatoms. The Kier molecular flexibility index (Phi) is 6.21. The van der Waals surface area contributed by atoms with E-state index in [0.717, 1.165) is 11.3 Å². The van der Waals surface area contributed by atoms with Crippen molar-refractivity contribution in [1.29, 1.82) is 0 Å². The molecule has 120 valence electrons. The average Bonchev–Trinajstić information content (AvgIpc) is 2.52. The maximum atomic E-state index is 9.33. The number of hydrazone groups is 1. The first-order valence-corrected chi connectivity index (χ1v) is 8.04. The molecule has 0 heterocycles. The lowest BCUT2D eigenvalue weighted by atomic mass is 10.1. The van der Waals surface area contributed by atoms with E-state index in [0.29, 0.717) is 27.3 Å². The largest absolute Gasteiger partial charge is 0.508 e. The fraction of sp³-hybridized carbons (Fsp3) is 0.125. The van der Waals surface area contributed by atoms with Crippen molar-refractivity contribution in [2.75, 3.05) is 5.32 Å². The van der Waals surface area contributed by atoms with Gasteiger partial charge < -0.3 is 10.4 Å². The van der Waals surface area contributed by atoms with E-state index in [2.05, 4.69) is 15.8 Å². The minimum absolute atomic E-state index is 0.215. The summed E-state index contributed by atoms with van der Waals surface area (Å²) in [7, 11) is 0. The number of thiocarbonyl (C=S) groups is 1. The summed E-state index contributed by atoms with van der Waals surface area (Å²) in [5.41, 5.74) is 5.16. The van der Waals surface area contributed by atoms with Crippen molar-refractivity contribution in [1.82, 2.24) is 5.43 Å². The van der Waals surface area contributed by atoms with Crippen molar-refractivity contribution in [3.8, 4) is 5.75 Å². The number of phenols is 1. The summed E-state index contributed by atoms with van der Waals surface area (Å²) in [6.45, 7) is 1.99. The Bertz CT molecular complexity index is 733. The fourth-order valence-electron chi connectivity index (χ4n) is 1.86. The SMILES string of the molecule is CC/C(=N\NC(=S)Nc1ccc(Cl)cc1Cl)c1ccc(O)cc1. The standard InChI is InChI=1S/C16H15Cl2N3OS/c1-2-14(10-3-6-12(22)7-4-10)20-21-16(23)19-15-8-5-11(17)9-13(15)18/h3-9,22H,2H2,1H3,(H2,19,21,23)/b20-14+. The van der Waals surface area contributed by atoms with Gasteiger partial charge in [-0.25, -0.2) is 0 Å². The van der Waals surface area contributed by atoms with E-state index in [1.807, 2.05) is 6.92 Å². The van der Waals surface area contributed by atoms with Gasteiger partial charge in [-0.1, -0.05) is 30.1 Å². The topological polar surface area (TPSA) is 56.7 Å². The number of nitrogens with one attached hydrogen (secondary N) is 2. The van der Waals surface area contributed by atoms with Gasteiger partial charge in [-0.05, 0) is 66.7 Å². The molecule has 0 saturated carbocycles. The normalized spacial score (nSPS) is 11.2. The van der Waals surface area contributed by atoms with Gasteiger partial charge in [0.2, 0.25) is 0 Å². The highest BCUT2D eigenvalue weighted by molar-refractivity contribution is 7.80. The van der Waals surface area contributed by atoms with Gasteiger partial charge >= 0.3 is 0 Å².